The number of thiophene rings is 1. The minimum atomic E-state index is -0.0343. The third kappa shape index (κ3) is 4.12. The lowest BCUT2D eigenvalue weighted by atomic mass is 9.82. The van der Waals surface area contributed by atoms with Crippen LogP contribution in [0.25, 0.3) is 53.6 Å². The molecule has 0 unspecified atom stereocenters. The molecule has 0 radical (unpaired) electrons. The van der Waals surface area contributed by atoms with E-state index in [1.54, 1.807) is 0 Å². The number of benzene rings is 7. The van der Waals surface area contributed by atoms with Crippen LogP contribution in [0, 0.1) is 0 Å². The molecule has 0 amide bonds. The lowest BCUT2D eigenvalue weighted by Gasteiger charge is -2.28. The van der Waals surface area contributed by atoms with Crippen LogP contribution in [0.2, 0.25) is 0 Å². The molecule has 0 aliphatic heterocycles. The van der Waals surface area contributed by atoms with Crippen LogP contribution in [0.4, 0.5) is 17.1 Å². The van der Waals surface area contributed by atoms with Crippen molar-refractivity contribution in [1.29, 1.82) is 0 Å². The van der Waals surface area contributed by atoms with E-state index >= 15 is 0 Å². The summed E-state index contributed by atoms with van der Waals surface area (Å²) < 4.78 is 2.68. The second-order valence-corrected chi connectivity index (χ2v) is 16.0. The van der Waals surface area contributed by atoms with Gasteiger partial charge in [-0.25, -0.2) is 0 Å². The zero-order valence-electron chi connectivity index (χ0n) is 28.8. The van der Waals surface area contributed by atoms with Crippen LogP contribution < -0.4 is 4.90 Å². The molecule has 50 heavy (non-hydrogen) atoms. The van der Waals surface area contributed by atoms with Gasteiger partial charge in [-0.05, 0) is 98.1 Å². The standard InChI is InChI=1S/C48H37NS/c1-47(2)41-17-8-5-12-35(41)39-28-32(24-26-43(39)47)49(33-25-27-44-40(29-33)36-13-6-9-18-42(36)48(44,3)4)31-22-20-30(21-23-31)34-15-11-16-38-37-14-7-10-19-45(37)50-46(34)38/h5-29H,1-4H3. The predicted octanol–water partition coefficient (Wildman–Crippen LogP) is 13.8. The van der Waals surface area contributed by atoms with Crippen LogP contribution in [0.5, 0.6) is 0 Å². The van der Waals surface area contributed by atoms with Crippen LogP contribution >= 0.6 is 11.3 Å². The largest absolute Gasteiger partial charge is 0.310 e. The smallest absolute Gasteiger partial charge is 0.0468 e. The minimum absolute atomic E-state index is 0.0343. The number of rotatable bonds is 4. The maximum Gasteiger partial charge on any atom is 0.0468 e. The number of nitrogens with zero attached hydrogens (tertiary/aromatic N) is 1. The van der Waals surface area contributed by atoms with Gasteiger partial charge in [0.15, 0.2) is 0 Å². The first kappa shape index (κ1) is 29.5. The number of hydrogen-bond acceptors (Lipinski definition) is 2. The molecule has 0 saturated heterocycles. The number of fused-ring (bicyclic) bond motifs is 9. The zero-order valence-corrected chi connectivity index (χ0v) is 29.6. The van der Waals surface area contributed by atoms with E-state index in [1.807, 2.05) is 11.3 Å². The summed E-state index contributed by atoms with van der Waals surface area (Å²) in [6.07, 6.45) is 0. The van der Waals surface area contributed by atoms with Gasteiger partial charge < -0.3 is 4.90 Å². The molecule has 0 saturated carbocycles. The lowest BCUT2D eigenvalue weighted by molar-refractivity contribution is 0.660. The molecule has 0 fully saturated rings. The van der Waals surface area contributed by atoms with Crippen molar-refractivity contribution in [1.82, 2.24) is 0 Å². The van der Waals surface area contributed by atoms with Gasteiger partial charge in [-0.15, -0.1) is 11.3 Å². The van der Waals surface area contributed by atoms with Gasteiger partial charge in [0.1, 0.15) is 0 Å². The molecule has 8 aromatic rings. The van der Waals surface area contributed by atoms with E-state index < -0.39 is 0 Å². The molecular weight excluding hydrogens is 623 g/mol. The second kappa shape index (κ2) is 10.5. The summed E-state index contributed by atoms with van der Waals surface area (Å²) in [5, 5.41) is 2.66. The maximum atomic E-state index is 2.45. The van der Waals surface area contributed by atoms with Crippen molar-refractivity contribution in [2.75, 3.05) is 4.90 Å². The van der Waals surface area contributed by atoms with Crippen LogP contribution in [0.3, 0.4) is 0 Å². The highest BCUT2D eigenvalue weighted by Crippen LogP contribution is 2.53. The van der Waals surface area contributed by atoms with Crippen molar-refractivity contribution >= 4 is 48.6 Å². The van der Waals surface area contributed by atoms with E-state index in [-0.39, 0.29) is 10.8 Å². The molecule has 10 rings (SSSR count). The van der Waals surface area contributed by atoms with Gasteiger partial charge in [0.2, 0.25) is 0 Å². The van der Waals surface area contributed by atoms with Crippen LogP contribution in [-0.4, -0.2) is 0 Å². The van der Waals surface area contributed by atoms with E-state index in [4.69, 9.17) is 0 Å². The average molecular weight is 660 g/mol. The molecule has 0 bridgehead atoms. The first-order valence-corrected chi connectivity index (χ1v) is 18.4. The Kier molecular flexibility index (Phi) is 6.21. The SMILES string of the molecule is CC1(C)c2ccccc2-c2cc(N(c3ccc(-c4cccc5c4sc4ccccc45)cc3)c3ccc4c(c3)-c3ccccc3C4(C)C)ccc21. The summed E-state index contributed by atoms with van der Waals surface area (Å²) in [7, 11) is 0. The lowest BCUT2D eigenvalue weighted by Crippen LogP contribution is -2.16. The van der Waals surface area contributed by atoms with Crippen LogP contribution in [-0.2, 0) is 10.8 Å². The molecule has 240 valence electrons. The molecule has 1 heterocycles. The summed E-state index contributed by atoms with van der Waals surface area (Å²) in [5.41, 5.74) is 16.8. The Hall–Kier alpha value is -5.44. The van der Waals surface area contributed by atoms with Gasteiger partial charge in [-0.1, -0.05) is 137 Å². The van der Waals surface area contributed by atoms with E-state index in [0.717, 1.165) is 5.69 Å². The van der Waals surface area contributed by atoms with Crippen molar-refractivity contribution < 1.29 is 0 Å². The monoisotopic (exact) mass is 659 g/mol. The molecule has 0 atom stereocenters. The molecule has 1 nitrogen and oxygen atoms in total. The fourth-order valence-electron chi connectivity index (χ4n) is 8.91. The van der Waals surface area contributed by atoms with Crippen molar-refractivity contribution in [3.8, 4) is 33.4 Å². The molecule has 1 aromatic heterocycles. The minimum Gasteiger partial charge on any atom is -0.310 e. The Morgan fingerprint density at radius 1 is 0.400 bits per heavy atom. The fraction of sp³-hybridized carbons (Fsp3) is 0.125. The second-order valence-electron chi connectivity index (χ2n) is 15.0. The third-order valence-electron chi connectivity index (χ3n) is 11.5. The Labute approximate surface area is 298 Å². The topological polar surface area (TPSA) is 3.24 Å². The zero-order chi connectivity index (χ0) is 33.8. The Morgan fingerprint density at radius 3 is 1.50 bits per heavy atom. The van der Waals surface area contributed by atoms with Gasteiger partial charge in [0.05, 0.1) is 0 Å². The molecule has 7 aromatic carbocycles. The highest BCUT2D eigenvalue weighted by atomic mass is 32.1. The summed E-state index contributed by atoms with van der Waals surface area (Å²) in [6, 6.07) is 56.7. The van der Waals surface area contributed by atoms with Gasteiger partial charge in [0.25, 0.3) is 0 Å². The maximum absolute atomic E-state index is 2.45. The van der Waals surface area contributed by atoms with Crippen molar-refractivity contribution in [3.63, 3.8) is 0 Å². The van der Waals surface area contributed by atoms with Gasteiger partial charge in [-0.2, -0.15) is 0 Å². The first-order valence-electron chi connectivity index (χ1n) is 17.6. The summed E-state index contributed by atoms with van der Waals surface area (Å²) >= 11 is 1.89. The predicted molar refractivity (Wildman–Crippen MR) is 215 cm³/mol. The Morgan fingerprint density at radius 2 is 0.880 bits per heavy atom. The normalized spacial score (nSPS) is 14.7. The van der Waals surface area contributed by atoms with Crippen molar-refractivity contribution in [3.05, 3.63) is 174 Å². The molecule has 2 aliphatic rings. The first-order chi connectivity index (χ1) is 24.3. The molecule has 0 N–H and O–H groups in total. The fourth-order valence-corrected chi connectivity index (χ4v) is 10.1. The number of anilines is 3. The van der Waals surface area contributed by atoms with Gasteiger partial charge >= 0.3 is 0 Å². The van der Waals surface area contributed by atoms with Gasteiger partial charge in [0, 0.05) is 48.1 Å². The number of hydrogen-bond donors (Lipinski definition) is 0. The highest BCUT2D eigenvalue weighted by Gasteiger charge is 2.37. The van der Waals surface area contributed by atoms with E-state index in [9.17, 15) is 0 Å². The van der Waals surface area contributed by atoms with Gasteiger partial charge in [-0.3, -0.25) is 0 Å². The van der Waals surface area contributed by atoms with Crippen LogP contribution in [0.15, 0.2) is 152 Å². The Bertz CT molecular complexity index is 2550. The van der Waals surface area contributed by atoms with Crippen LogP contribution in [0.1, 0.15) is 49.9 Å². The van der Waals surface area contributed by atoms with E-state index in [0.29, 0.717) is 0 Å². The third-order valence-corrected chi connectivity index (χ3v) is 12.7. The quantitative estimate of drug-likeness (QED) is 0.182. The molecule has 2 heteroatoms. The highest BCUT2D eigenvalue weighted by molar-refractivity contribution is 7.26. The Balaban J connectivity index is 1.14. The summed E-state index contributed by atoms with van der Waals surface area (Å²) in [6.45, 7) is 9.41. The summed E-state index contributed by atoms with van der Waals surface area (Å²) in [5.74, 6) is 0. The summed E-state index contributed by atoms with van der Waals surface area (Å²) in [4.78, 5) is 2.45. The molecule has 2 aliphatic carbocycles. The average Bonchev–Trinajstić information content (AvgIpc) is 3.72. The van der Waals surface area contributed by atoms with E-state index in [1.165, 1.54) is 87.2 Å². The molecular formula is C48H37NS. The molecule has 0 spiro atoms. The van der Waals surface area contributed by atoms with Crippen molar-refractivity contribution in [2.24, 2.45) is 0 Å². The van der Waals surface area contributed by atoms with E-state index in [2.05, 4.69) is 184 Å². The van der Waals surface area contributed by atoms with Crippen molar-refractivity contribution in [2.45, 2.75) is 38.5 Å².